The number of ketones is 1. The second-order valence-electron chi connectivity index (χ2n) is 6.89. The highest BCUT2D eigenvalue weighted by Crippen LogP contribution is 2.29. The molecule has 1 heterocycles. The summed E-state index contributed by atoms with van der Waals surface area (Å²) in [7, 11) is 1.96. The lowest BCUT2D eigenvalue weighted by Crippen LogP contribution is -2.45. The summed E-state index contributed by atoms with van der Waals surface area (Å²) < 4.78 is 0. The van der Waals surface area contributed by atoms with Gasteiger partial charge in [-0.2, -0.15) is 0 Å². The maximum atomic E-state index is 12.9. The molecule has 0 atom stereocenters. The highest BCUT2D eigenvalue weighted by atomic mass is 35.5. The Morgan fingerprint density at radius 3 is 2.38 bits per heavy atom. The average molecular weight is 403 g/mol. The van der Waals surface area contributed by atoms with Gasteiger partial charge in [-0.3, -0.25) is 14.5 Å². The van der Waals surface area contributed by atoms with Crippen LogP contribution in [0.3, 0.4) is 0 Å². The summed E-state index contributed by atoms with van der Waals surface area (Å²) in [5, 5.41) is 0.657. The molecule has 3 aromatic carbocycles. The molecule has 4 rings (SSSR count). The van der Waals surface area contributed by atoms with E-state index >= 15 is 0 Å². The SMILES string of the molecule is CN1CN(c2ccc(C(=O)/C=C/c3ccc(Cl)cc3)cc2)C(=O)c2ccccc21. The highest BCUT2D eigenvalue weighted by Gasteiger charge is 2.28. The third kappa shape index (κ3) is 3.93. The van der Waals surface area contributed by atoms with E-state index in [1.165, 1.54) is 6.08 Å². The molecule has 0 fully saturated rings. The number of halogens is 1. The van der Waals surface area contributed by atoms with Crippen LogP contribution in [0.1, 0.15) is 26.3 Å². The molecule has 0 aromatic heterocycles. The van der Waals surface area contributed by atoms with Crippen LogP contribution in [-0.2, 0) is 0 Å². The van der Waals surface area contributed by atoms with Crippen LogP contribution in [0, 0.1) is 0 Å². The minimum Gasteiger partial charge on any atom is -0.356 e. The van der Waals surface area contributed by atoms with Crippen molar-refractivity contribution in [1.82, 2.24) is 0 Å². The smallest absolute Gasteiger partial charge is 0.261 e. The van der Waals surface area contributed by atoms with Gasteiger partial charge in [-0.25, -0.2) is 0 Å². The van der Waals surface area contributed by atoms with E-state index in [1.54, 1.807) is 35.2 Å². The molecule has 0 N–H and O–H groups in total. The molecule has 0 radical (unpaired) electrons. The van der Waals surface area contributed by atoms with Crippen molar-refractivity contribution >= 4 is 40.7 Å². The molecule has 5 heteroatoms. The van der Waals surface area contributed by atoms with Crippen molar-refractivity contribution in [2.45, 2.75) is 0 Å². The Bertz CT molecular complexity index is 1090. The van der Waals surface area contributed by atoms with Crippen molar-refractivity contribution in [2.24, 2.45) is 0 Å². The van der Waals surface area contributed by atoms with Gasteiger partial charge in [0.2, 0.25) is 0 Å². The summed E-state index contributed by atoms with van der Waals surface area (Å²) in [6.07, 6.45) is 3.29. The fraction of sp³-hybridized carbons (Fsp3) is 0.0833. The molecular formula is C24H19ClN2O2. The van der Waals surface area contributed by atoms with Gasteiger partial charge < -0.3 is 4.90 Å². The average Bonchev–Trinajstić information content (AvgIpc) is 2.76. The molecule has 29 heavy (non-hydrogen) atoms. The lowest BCUT2D eigenvalue weighted by molar-refractivity contribution is 0.0982. The molecule has 0 spiro atoms. The van der Waals surface area contributed by atoms with E-state index in [2.05, 4.69) is 0 Å². The number of anilines is 2. The second-order valence-corrected chi connectivity index (χ2v) is 7.32. The molecule has 0 bridgehead atoms. The lowest BCUT2D eigenvalue weighted by atomic mass is 10.1. The second kappa shape index (κ2) is 7.94. The Hall–Kier alpha value is -3.37. The first kappa shape index (κ1) is 19.0. The number of benzene rings is 3. The Kier molecular flexibility index (Phi) is 5.19. The summed E-state index contributed by atoms with van der Waals surface area (Å²) in [5.41, 5.74) is 3.83. The number of nitrogens with zero attached hydrogens (tertiary/aromatic N) is 2. The van der Waals surface area contributed by atoms with Gasteiger partial charge in [0, 0.05) is 23.3 Å². The van der Waals surface area contributed by atoms with E-state index in [9.17, 15) is 9.59 Å². The number of carbonyl (C=O) groups excluding carboxylic acids is 2. The highest BCUT2D eigenvalue weighted by molar-refractivity contribution is 6.30. The number of allylic oxidation sites excluding steroid dienone is 1. The van der Waals surface area contributed by atoms with Gasteiger partial charge in [0.1, 0.15) is 0 Å². The Morgan fingerprint density at radius 1 is 0.966 bits per heavy atom. The number of rotatable bonds is 4. The summed E-state index contributed by atoms with van der Waals surface area (Å²) in [6, 6.07) is 22.0. The van der Waals surface area contributed by atoms with Crippen molar-refractivity contribution in [2.75, 3.05) is 23.5 Å². The summed E-state index contributed by atoms with van der Waals surface area (Å²) in [4.78, 5) is 29.1. The van der Waals surface area contributed by atoms with E-state index in [1.807, 2.05) is 60.5 Å². The molecule has 0 unspecified atom stereocenters. The largest absolute Gasteiger partial charge is 0.356 e. The van der Waals surface area contributed by atoms with E-state index < -0.39 is 0 Å². The zero-order valence-electron chi connectivity index (χ0n) is 15.9. The minimum atomic E-state index is -0.0982. The Labute approximate surface area is 174 Å². The maximum absolute atomic E-state index is 12.9. The van der Waals surface area contributed by atoms with Gasteiger partial charge in [-0.1, -0.05) is 41.9 Å². The molecule has 3 aromatic rings. The zero-order valence-corrected chi connectivity index (χ0v) is 16.6. The molecule has 4 nitrogen and oxygen atoms in total. The number of hydrogen-bond donors (Lipinski definition) is 0. The van der Waals surface area contributed by atoms with Gasteiger partial charge in [-0.05, 0) is 60.2 Å². The fourth-order valence-electron chi connectivity index (χ4n) is 3.33. The van der Waals surface area contributed by atoms with Crippen LogP contribution >= 0.6 is 11.6 Å². The van der Waals surface area contributed by atoms with Crippen molar-refractivity contribution in [1.29, 1.82) is 0 Å². The molecule has 1 aliphatic rings. The van der Waals surface area contributed by atoms with Crippen LogP contribution in [0.15, 0.2) is 78.9 Å². The monoisotopic (exact) mass is 402 g/mol. The van der Waals surface area contributed by atoms with Gasteiger partial charge in [0.15, 0.2) is 5.78 Å². The topological polar surface area (TPSA) is 40.6 Å². The van der Waals surface area contributed by atoms with Gasteiger partial charge >= 0.3 is 0 Å². The first-order chi connectivity index (χ1) is 14.0. The first-order valence-electron chi connectivity index (χ1n) is 9.23. The first-order valence-corrected chi connectivity index (χ1v) is 9.61. The van der Waals surface area contributed by atoms with E-state index in [-0.39, 0.29) is 11.7 Å². The van der Waals surface area contributed by atoms with Crippen molar-refractivity contribution in [3.05, 3.63) is 101 Å². The molecule has 1 amide bonds. The van der Waals surface area contributed by atoms with Gasteiger partial charge in [-0.15, -0.1) is 0 Å². The number of para-hydroxylation sites is 1. The number of hydrogen-bond acceptors (Lipinski definition) is 3. The Morgan fingerprint density at radius 2 is 1.66 bits per heavy atom. The van der Waals surface area contributed by atoms with E-state index in [4.69, 9.17) is 11.6 Å². The number of fused-ring (bicyclic) bond motifs is 1. The third-order valence-corrected chi connectivity index (χ3v) is 5.16. The molecule has 0 aliphatic carbocycles. The summed E-state index contributed by atoms with van der Waals surface area (Å²) in [6.45, 7) is 0.458. The minimum absolute atomic E-state index is 0.0413. The Balaban J connectivity index is 1.51. The predicted molar refractivity (Wildman–Crippen MR) is 118 cm³/mol. The summed E-state index contributed by atoms with van der Waals surface area (Å²) in [5.74, 6) is -0.139. The van der Waals surface area contributed by atoms with Crippen molar-refractivity contribution in [3.8, 4) is 0 Å². The molecule has 0 saturated heterocycles. The van der Waals surface area contributed by atoms with Crippen LogP contribution in [0.25, 0.3) is 6.08 Å². The van der Waals surface area contributed by atoms with Crippen LogP contribution in [0.4, 0.5) is 11.4 Å². The fourth-order valence-corrected chi connectivity index (χ4v) is 3.46. The molecular weight excluding hydrogens is 384 g/mol. The maximum Gasteiger partial charge on any atom is 0.261 e. The number of carbonyl (C=O) groups is 2. The van der Waals surface area contributed by atoms with E-state index in [0.717, 1.165) is 16.9 Å². The zero-order chi connectivity index (χ0) is 20.4. The van der Waals surface area contributed by atoms with Crippen molar-refractivity contribution < 1.29 is 9.59 Å². The summed E-state index contributed by atoms with van der Waals surface area (Å²) >= 11 is 5.87. The van der Waals surface area contributed by atoms with Crippen LogP contribution in [0.2, 0.25) is 5.02 Å². The predicted octanol–water partition coefficient (Wildman–Crippen LogP) is 5.29. The van der Waals surface area contributed by atoms with Crippen LogP contribution < -0.4 is 9.80 Å². The quantitative estimate of drug-likeness (QED) is 0.439. The standard InChI is InChI=1S/C24H19ClN2O2/c1-26-16-27(24(29)21-4-2-3-5-22(21)26)20-13-9-18(10-14-20)23(28)15-8-17-6-11-19(25)12-7-17/h2-15H,16H2,1H3/b15-8+. The van der Waals surface area contributed by atoms with Crippen LogP contribution in [0.5, 0.6) is 0 Å². The molecule has 0 saturated carbocycles. The normalized spacial score (nSPS) is 13.7. The van der Waals surface area contributed by atoms with Crippen molar-refractivity contribution in [3.63, 3.8) is 0 Å². The lowest BCUT2D eigenvalue weighted by Gasteiger charge is -2.35. The number of amides is 1. The third-order valence-electron chi connectivity index (χ3n) is 4.91. The molecule has 144 valence electrons. The van der Waals surface area contributed by atoms with Crippen LogP contribution in [-0.4, -0.2) is 25.4 Å². The van der Waals surface area contributed by atoms with Gasteiger partial charge in [0.05, 0.1) is 17.9 Å². The van der Waals surface area contributed by atoms with E-state index in [0.29, 0.717) is 22.8 Å². The van der Waals surface area contributed by atoms with Gasteiger partial charge in [0.25, 0.3) is 5.91 Å². The molecule has 1 aliphatic heterocycles.